The van der Waals surface area contributed by atoms with Gasteiger partial charge in [0.2, 0.25) is 6.41 Å². The van der Waals surface area contributed by atoms with Gasteiger partial charge in [-0.1, -0.05) is 49.4 Å². The van der Waals surface area contributed by atoms with Crippen LogP contribution >= 0.6 is 0 Å². The second-order valence-corrected chi connectivity index (χ2v) is 11.0. The van der Waals surface area contributed by atoms with Crippen molar-refractivity contribution in [3.63, 3.8) is 0 Å². The molecule has 0 saturated carbocycles. The van der Waals surface area contributed by atoms with Crippen LogP contribution in [-0.4, -0.2) is 38.2 Å². The Bertz CT molecular complexity index is 1390. The lowest BCUT2D eigenvalue weighted by Crippen LogP contribution is -2.36. The van der Waals surface area contributed by atoms with E-state index in [9.17, 15) is 36.3 Å². The lowest BCUT2D eigenvalue weighted by atomic mass is 9.96. The topological polar surface area (TPSA) is 104 Å². The van der Waals surface area contributed by atoms with Crippen molar-refractivity contribution in [3.8, 4) is 0 Å². The van der Waals surface area contributed by atoms with E-state index in [-0.39, 0.29) is 10.5 Å². The molecule has 0 aliphatic carbocycles. The number of hydrazine groups is 1. The quantitative estimate of drug-likeness (QED) is 0.224. The molecule has 3 aromatic rings. The number of carboxylic acid groups (broad SMARTS) is 1. The number of aliphatic carboxylic acids is 1. The molecular weight excluding hydrogens is 533 g/mol. The average molecular weight is 563 g/mol. The summed E-state index contributed by atoms with van der Waals surface area (Å²) in [7, 11) is -4.00. The Labute approximate surface area is 225 Å². The molecule has 3 aromatic carbocycles. The summed E-state index contributed by atoms with van der Waals surface area (Å²) in [5, 5.41) is 10.7. The number of aryl methyl sites for hydroxylation is 2. The summed E-state index contributed by atoms with van der Waals surface area (Å²) in [6.07, 6.45) is -3.35. The Kier molecular flexibility index (Phi) is 9.87. The Morgan fingerprint density at radius 1 is 1.00 bits per heavy atom. The maximum Gasteiger partial charge on any atom is 0.416 e. The third-order valence-electron chi connectivity index (χ3n) is 6.13. The maximum atomic E-state index is 13.2. The van der Waals surface area contributed by atoms with E-state index in [0.717, 1.165) is 29.3 Å². The van der Waals surface area contributed by atoms with Crippen LogP contribution in [0.4, 0.5) is 18.9 Å². The Balaban J connectivity index is 1.73. The minimum atomic E-state index is -4.64. The highest BCUT2D eigenvalue weighted by Crippen LogP contribution is 2.33. The molecule has 0 saturated heterocycles. The van der Waals surface area contributed by atoms with Gasteiger partial charge in [0, 0.05) is 12.5 Å². The summed E-state index contributed by atoms with van der Waals surface area (Å²) in [6.45, 7) is 2.46. The van der Waals surface area contributed by atoms with Crippen molar-refractivity contribution in [1.29, 1.82) is 0 Å². The van der Waals surface area contributed by atoms with Crippen molar-refractivity contribution in [1.82, 2.24) is 5.43 Å². The summed E-state index contributed by atoms with van der Waals surface area (Å²) in [5.41, 5.74) is 4.50. The first-order chi connectivity index (χ1) is 18.4. The van der Waals surface area contributed by atoms with E-state index in [4.69, 9.17) is 0 Å². The standard InChI is InChI=1S/C28H29F3N2O5S/c1-2-32-33(19-34)25-8-3-5-21(15-25)10-9-20-11-13-26(14-12-20)39(37,38)18-23(17-27(35)36)22-6-4-7-24(16-22)28(29,30)31/h3-8,11-16,19,23,32H,2,9-10,17-18H2,1H3,(H,35,36). The van der Waals surface area contributed by atoms with Gasteiger partial charge in [-0.05, 0) is 59.9 Å². The summed E-state index contributed by atoms with van der Waals surface area (Å²) in [6, 6.07) is 17.7. The van der Waals surface area contributed by atoms with Crippen molar-refractivity contribution in [3.05, 3.63) is 95.1 Å². The van der Waals surface area contributed by atoms with Crippen molar-refractivity contribution in [2.45, 2.75) is 43.2 Å². The number of benzene rings is 3. The van der Waals surface area contributed by atoms with Crippen molar-refractivity contribution in [2.24, 2.45) is 0 Å². The van der Waals surface area contributed by atoms with E-state index in [1.54, 1.807) is 18.2 Å². The van der Waals surface area contributed by atoms with Gasteiger partial charge in [0.15, 0.2) is 9.84 Å². The zero-order valence-corrected chi connectivity index (χ0v) is 22.0. The summed E-state index contributed by atoms with van der Waals surface area (Å²) in [5.74, 6) is -3.12. The van der Waals surface area contributed by atoms with E-state index in [2.05, 4.69) is 5.43 Å². The van der Waals surface area contributed by atoms with Gasteiger partial charge in [-0.2, -0.15) is 13.2 Å². The SMILES string of the molecule is CCNN(C=O)c1cccc(CCc2ccc(S(=O)(=O)CC(CC(=O)O)c3cccc(C(F)(F)F)c3)cc2)c1. The molecule has 0 aromatic heterocycles. The summed E-state index contributed by atoms with van der Waals surface area (Å²) >= 11 is 0. The Morgan fingerprint density at radius 2 is 1.67 bits per heavy atom. The first kappa shape index (κ1) is 29.9. The lowest BCUT2D eigenvalue weighted by Gasteiger charge is -2.18. The molecule has 2 N–H and O–H groups in total. The van der Waals surface area contributed by atoms with Gasteiger partial charge >= 0.3 is 12.1 Å². The van der Waals surface area contributed by atoms with Crippen molar-refractivity contribution in [2.75, 3.05) is 17.3 Å². The number of rotatable bonds is 13. The number of halogens is 3. The molecule has 0 fully saturated rings. The van der Waals surface area contributed by atoms with Gasteiger partial charge < -0.3 is 5.11 Å². The number of sulfone groups is 1. The highest BCUT2D eigenvalue weighted by molar-refractivity contribution is 7.91. The van der Waals surface area contributed by atoms with Crippen LogP contribution in [0.15, 0.2) is 77.7 Å². The number of alkyl halides is 3. The molecule has 208 valence electrons. The fraction of sp³-hybridized carbons (Fsp3) is 0.286. The van der Waals surface area contributed by atoms with E-state index < -0.39 is 45.6 Å². The monoisotopic (exact) mass is 562 g/mol. The van der Waals surface area contributed by atoms with Crippen molar-refractivity contribution >= 4 is 27.9 Å². The predicted molar refractivity (Wildman–Crippen MR) is 141 cm³/mol. The van der Waals surface area contributed by atoms with E-state index in [1.165, 1.54) is 23.2 Å². The van der Waals surface area contributed by atoms with Crippen LogP contribution in [0, 0.1) is 0 Å². The molecule has 39 heavy (non-hydrogen) atoms. The minimum absolute atomic E-state index is 0.00284. The van der Waals surface area contributed by atoms with Crippen molar-refractivity contribution < 1.29 is 36.3 Å². The maximum absolute atomic E-state index is 13.2. The van der Waals surface area contributed by atoms with Gasteiger partial charge in [-0.3, -0.25) is 9.59 Å². The molecule has 1 amide bonds. The smallest absolute Gasteiger partial charge is 0.416 e. The van der Waals surface area contributed by atoms with Crippen LogP contribution in [0.25, 0.3) is 0 Å². The van der Waals surface area contributed by atoms with E-state index >= 15 is 0 Å². The van der Waals surface area contributed by atoms with Crippen LogP contribution in [-0.2, 0) is 38.4 Å². The molecule has 1 atom stereocenters. The molecule has 1 unspecified atom stereocenters. The van der Waals surface area contributed by atoms with E-state index in [0.29, 0.717) is 31.5 Å². The molecule has 0 heterocycles. The van der Waals surface area contributed by atoms with Crippen LogP contribution in [0.2, 0.25) is 0 Å². The summed E-state index contributed by atoms with van der Waals surface area (Å²) < 4.78 is 65.7. The third kappa shape index (κ3) is 8.39. The molecule has 0 bridgehead atoms. The fourth-order valence-electron chi connectivity index (χ4n) is 4.19. The molecular formula is C28H29F3N2O5S. The number of carboxylic acids is 1. The minimum Gasteiger partial charge on any atom is -0.481 e. The van der Waals surface area contributed by atoms with Gasteiger partial charge in [0.05, 0.1) is 28.3 Å². The molecule has 0 radical (unpaired) electrons. The molecule has 3 rings (SSSR count). The normalized spacial score (nSPS) is 12.6. The number of hydrogen-bond donors (Lipinski definition) is 2. The second kappa shape index (κ2) is 12.9. The first-order valence-electron chi connectivity index (χ1n) is 12.2. The molecule has 0 spiro atoms. The van der Waals surface area contributed by atoms with E-state index in [1.807, 2.05) is 25.1 Å². The largest absolute Gasteiger partial charge is 0.481 e. The average Bonchev–Trinajstić information content (AvgIpc) is 2.90. The van der Waals surface area contributed by atoms with Gasteiger partial charge in [-0.15, -0.1) is 0 Å². The number of anilines is 1. The molecule has 11 heteroatoms. The Morgan fingerprint density at radius 3 is 2.28 bits per heavy atom. The van der Waals surface area contributed by atoms with Crippen LogP contribution in [0.5, 0.6) is 0 Å². The fourth-order valence-corrected chi connectivity index (χ4v) is 5.77. The first-order valence-corrected chi connectivity index (χ1v) is 13.9. The molecule has 0 aliphatic rings. The molecule has 0 aliphatic heterocycles. The van der Waals surface area contributed by atoms with Crippen LogP contribution in [0.3, 0.4) is 0 Å². The zero-order valence-electron chi connectivity index (χ0n) is 21.2. The van der Waals surface area contributed by atoms with Crippen LogP contribution < -0.4 is 10.4 Å². The molecule has 7 nitrogen and oxygen atoms in total. The van der Waals surface area contributed by atoms with Gasteiger partial charge in [0.25, 0.3) is 0 Å². The number of nitrogens with one attached hydrogen (secondary N) is 1. The lowest BCUT2D eigenvalue weighted by molar-refractivity contribution is -0.138. The number of carbonyl (C=O) groups excluding carboxylic acids is 1. The second-order valence-electron chi connectivity index (χ2n) is 9.00. The third-order valence-corrected chi connectivity index (χ3v) is 7.97. The summed E-state index contributed by atoms with van der Waals surface area (Å²) in [4.78, 5) is 22.6. The number of hydrogen-bond acceptors (Lipinski definition) is 5. The highest BCUT2D eigenvalue weighted by atomic mass is 32.2. The number of nitrogens with zero attached hydrogens (tertiary/aromatic N) is 1. The Hall–Kier alpha value is -3.70. The predicted octanol–water partition coefficient (Wildman–Crippen LogP) is 5.01. The number of amides is 1. The number of carbonyl (C=O) groups is 2. The zero-order chi connectivity index (χ0) is 28.6. The van der Waals surface area contributed by atoms with Crippen LogP contribution in [0.1, 0.15) is 41.5 Å². The van der Waals surface area contributed by atoms with Gasteiger partial charge in [0.1, 0.15) is 0 Å². The highest BCUT2D eigenvalue weighted by Gasteiger charge is 2.32. The van der Waals surface area contributed by atoms with Gasteiger partial charge in [-0.25, -0.2) is 18.9 Å².